The number of thiazole rings is 2. The number of nitrogens with zero attached hydrogens (tertiary/aromatic N) is 3. The van der Waals surface area contributed by atoms with E-state index in [-0.39, 0.29) is 0 Å². The van der Waals surface area contributed by atoms with Crippen LogP contribution in [0.4, 0.5) is 5.13 Å². The third kappa shape index (κ3) is 3.68. The van der Waals surface area contributed by atoms with Crippen molar-refractivity contribution in [1.82, 2.24) is 14.3 Å². The lowest BCUT2D eigenvalue weighted by Crippen LogP contribution is -2.35. The molecular weight excluding hydrogens is 400 g/mol. The SMILES string of the molecule is CCN(Cc1ccccc1)S(=O)(=O)Nc1nc2ccc3nc(C)sc3c2s1. The van der Waals surface area contributed by atoms with Gasteiger partial charge in [-0.2, -0.15) is 12.7 Å². The fraction of sp³-hybridized carbons (Fsp3) is 0.222. The van der Waals surface area contributed by atoms with E-state index in [0.29, 0.717) is 18.2 Å². The number of anilines is 1. The van der Waals surface area contributed by atoms with Crippen molar-refractivity contribution in [3.05, 3.63) is 53.0 Å². The number of rotatable bonds is 6. The molecule has 140 valence electrons. The van der Waals surface area contributed by atoms with Gasteiger partial charge >= 0.3 is 10.2 Å². The Kier molecular flexibility index (Phi) is 4.85. The molecule has 1 N–H and O–H groups in total. The fourth-order valence-corrected chi connectivity index (χ4v) is 6.25. The molecule has 2 aromatic carbocycles. The van der Waals surface area contributed by atoms with Gasteiger partial charge in [0, 0.05) is 13.1 Å². The normalized spacial score (nSPS) is 12.3. The molecule has 0 unspecified atom stereocenters. The minimum Gasteiger partial charge on any atom is -0.246 e. The molecule has 6 nitrogen and oxygen atoms in total. The lowest BCUT2D eigenvalue weighted by molar-refractivity contribution is 0.427. The molecule has 0 radical (unpaired) electrons. The summed E-state index contributed by atoms with van der Waals surface area (Å²) in [6.07, 6.45) is 0. The first-order valence-corrected chi connectivity index (χ1v) is 11.5. The van der Waals surface area contributed by atoms with Crippen molar-refractivity contribution in [1.29, 1.82) is 0 Å². The van der Waals surface area contributed by atoms with E-state index in [4.69, 9.17) is 0 Å². The van der Waals surface area contributed by atoms with Gasteiger partial charge in [-0.3, -0.25) is 0 Å². The number of hydrogen-bond donors (Lipinski definition) is 1. The summed E-state index contributed by atoms with van der Waals surface area (Å²) in [5, 5.41) is 1.35. The number of benzene rings is 2. The van der Waals surface area contributed by atoms with Gasteiger partial charge < -0.3 is 0 Å². The molecule has 9 heteroatoms. The highest BCUT2D eigenvalue weighted by atomic mass is 32.2. The largest absolute Gasteiger partial charge is 0.303 e. The van der Waals surface area contributed by atoms with Crippen molar-refractivity contribution < 1.29 is 8.42 Å². The Morgan fingerprint density at radius 2 is 1.67 bits per heavy atom. The van der Waals surface area contributed by atoms with Gasteiger partial charge in [0.2, 0.25) is 0 Å². The smallest absolute Gasteiger partial charge is 0.246 e. The quantitative estimate of drug-likeness (QED) is 0.504. The summed E-state index contributed by atoms with van der Waals surface area (Å²) in [7, 11) is -3.70. The van der Waals surface area contributed by atoms with E-state index in [9.17, 15) is 8.42 Å². The van der Waals surface area contributed by atoms with Crippen LogP contribution in [0, 0.1) is 6.92 Å². The van der Waals surface area contributed by atoms with E-state index in [0.717, 1.165) is 31.0 Å². The number of aromatic nitrogens is 2. The molecule has 2 heterocycles. The summed E-state index contributed by atoms with van der Waals surface area (Å²) in [5.74, 6) is 0. The first kappa shape index (κ1) is 18.3. The molecule has 4 rings (SSSR count). The van der Waals surface area contributed by atoms with Crippen molar-refractivity contribution >= 4 is 58.4 Å². The maximum atomic E-state index is 12.9. The highest BCUT2D eigenvalue weighted by molar-refractivity contribution is 7.90. The highest BCUT2D eigenvalue weighted by Crippen LogP contribution is 2.36. The maximum absolute atomic E-state index is 12.9. The van der Waals surface area contributed by atoms with Gasteiger partial charge in [0.05, 0.1) is 25.4 Å². The van der Waals surface area contributed by atoms with Gasteiger partial charge in [-0.25, -0.2) is 14.7 Å². The van der Waals surface area contributed by atoms with E-state index >= 15 is 0 Å². The van der Waals surface area contributed by atoms with Gasteiger partial charge in [-0.05, 0) is 24.6 Å². The summed E-state index contributed by atoms with van der Waals surface area (Å²) >= 11 is 2.94. The molecule has 4 aromatic rings. The minimum atomic E-state index is -3.70. The lowest BCUT2D eigenvalue weighted by Gasteiger charge is -2.20. The Hall–Kier alpha value is -2.07. The van der Waals surface area contributed by atoms with Crippen LogP contribution in [0.5, 0.6) is 0 Å². The second-order valence-corrected chi connectivity index (χ2v) is 9.91. The van der Waals surface area contributed by atoms with Crippen LogP contribution in [0.3, 0.4) is 0 Å². The molecule has 0 spiro atoms. The lowest BCUT2D eigenvalue weighted by atomic mass is 10.2. The third-order valence-electron chi connectivity index (χ3n) is 4.13. The van der Waals surface area contributed by atoms with E-state index in [1.54, 1.807) is 11.3 Å². The van der Waals surface area contributed by atoms with Gasteiger partial charge in [0.25, 0.3) is 0 Å². The second kappa shape index (κ2) is 7.16. The molecular formula is C18H18N4O2S3. The zero-order chi connectivity index (χ0) is 19.0. The average Bonchev–Trinajstić information content (AvgIpc) is 3.21. The van der Waals surface area contributed by atoms with Crippen LogP contribution in [0.15, 0.2) is 42.5 Å². The standard InChI is InChI=1S/C18H18N4O2S3/c1-3-22(11-13-7-5-4-6-8-13)27(23,24)21-18-20-15-10-9-14-16(17(15)26-18)25-12(2)19-14/h4-10H,3,11H2,1-2H3,(H,20,21). The predicted octanol–water partition coefficient (Wildman–Crippen LogP) is 4.39. The Bertz CT molecular complexity index is 1200. The van der Waals surface area contributed by atoms with E-state index < -0.39 is 10.2 Å². The minimum absolute atomic E-state index is 0.315. The molecule has 0 aliphatic carbocycles. The van der Waals surface area contributed by atoms with Crippen LogP contribution in [0.1, 0.15) is 17.5 Å². The van der Waals surface area contributed by atoms with Gasteiger partial charge in [0.1, 0.15) is 0 Å². The zero-order valence-corrected chi connectivity index (χ0v) is 17.3. The van der Waals surface area contributed by atoms with Crippen LogP contribution in [-0.4, -0.2) is 29.2 Å². The molecule has 0 saturated heterocycles. The third-order valence-corrected chi connectivity index (χ3v) is 7.91. The maximum Gasteiger partial charge on any atom is 0.303 e. The van der Waals surface area contributed by atoms with Crippen molar-refractivity contribution in [2.75, 3.05) is 11.3 Å². The summed E-state index contributed by atoms with van der Waals surface area (Å²) < 4.78 is 31.8. The first-order valence-electron chi connectivity index (χ1n) is 8.45. The molecule has 2 aromatic heterocycles. The van der Waals surface area contributed by atoms with Crippen LogP contribution in [0.2, 0.25) is 0 Å². The topological polar surface area (TPSA) is 75.2 Å². The molecule has 0 aliphatic rings. The van der Waals surface area contributed by atoms with Crippen molar-refractivity contribution in [3.8, 4) is 0 Å². The molecule has 0 atom stereocenters. The Labute approximate surface area is 165 Å². The van der Waals surface area contributed by atoms with Crippen molar-refractivity contribution in [2.24, 2.45) is 0 Å². The summed E-state index contributed by atoms with van der Waals surface area (Å²) in [6.45, 7) is 4.47. The van der Waals surface area contributed by atoms with Crippen LogP contribution < -0.4 is 4.72 Å². The zero-order valence-electron chi connectivity index (χ0n) is 14.8. The van der Waals surface area contributed by atoms with Crippen molar-refractivity contribution in [3.63, 3.8) is 0 Å². The van der Waals surface area contributed by atoms with Crippen molar-refractivity contribution in [2.45, 2.75) is 20.4 Å². The molecule has 27 heavy (non-hydrogen) atoms. The number of fused-ring (bicyclic) bond motifs is 3. The molecule has 0 fully saturated rings. The average molecular weight is 419 g/mol. The summed E-state index contributed by atoms with van der Waals surface area (Å²) in [6, 6.07) is 13.4. The number of aryl methyl sites for hydroxylation is 1. The molecule has 0 aliphatic heterocycles. The molecule has 0 amide bonds. The second-order valence-electron chi connectivity index (χ2n) is 6.03. The van der Waals surface area contributed by atoms with Crippen LogP contribution >= 0.6 is 22.7 Å². The number of hydrogen-bond acceptors (Lipinski definition) is 6. The fourth-order valence-electron chi connectivity index (χ4n) is 2.86. The van der Waals surface area contributed by atoms with E-state index in [2.05, 4.69) is 14.7 Å². The summed E-state index contributed by atoms with van der Waals surface area (Å²) in [4.78, 5) is 8.95. The Morgan fingerprint density at radius 1 is 1.00 bits per heavy atom. The summed E-state index contributed by atoms with van der Waals surface area (Å²) in [5.41, 5.74) is 2.64. The van der Waals surface area contributed by atoms with E-state index in [1.807, 2.05) is 56.3 Å². The number of nitrogens with one attached hydrogen (secondary N) is 1. The molecule has 0 bridgehead atoms. The van der Waals surface area contributed by atoms with Gasteiger partial charge in [-0.15, -0.1) is 11.3 Å². The highest BCUT2D eigenvalue weighted by Gasteiger charge is 2.22. The Morgan fingerprint density at radius 3 is 2.37 bits per heavy atom. The van der Waals surface area contributed by atoms with Gasteiger partial charge in [-0.1, -0.05) is 48.6 Å². The van der Waals surface area contributed by atoms with Gasteiger partial charge in [0.15, 0.2) is 5.13 Å². The predicted molar refractivity (Wildman–Crippen MR) is 113 cm³/mol. The Balaban J connectivity index is 1.64. The first-order chi connectivity index (χ1) is 13.0. The molecule has 0 saturated carbocycles. The van der Waals surface area contributed by atoms with Crippen LogP contribution in [-0.2, 0) is 16.8 Å². The van der Waals surface area contributed by atoms with E-state index in [1.165, 1.54) is 15.6 Å². The van der Waals surface area contributed by atoms with Crippen LogP contribution in [0.25, 0.3) is 20.4 Å². The monoisotopic (exact) mass is 418 g/mol.